The van der Waals surface area contributed by atoms with Crippen molar-refractivity contribution in [1.82, 2.24) is 25.5 Å². The minimum Gasteiger partial charge on any atom is -0.351 e. The third kappa shape index (κ3) is 7.43. The van der Waals surface area contributed by atoms with Crippen LogP contribution in [0.5, 0.6) is 0 Å². The highest BCUT2D eigenvalue weighted by molar-refractivity contribution is 8.13. The van der Waals surface area contributed by atoms with Crippen molar-refractivity contribution in [3.8, 4) is 0 Å². The van der Waals surface area contributed by atoms with E-state index in [1.807, 2.05) is 12.3 Å². The minimum atomic E-state index is -0.0839. The van der Waals surface area contributed by atoms with Gasteiger partial charge >= 0.3 is 0 Å². The number of fused-ring (bicyclic) bond motifs is 1. The number of carbonyl (C=O) groups is 1. The fraction of sp³-hybridized carbons (Fsp3) is 0.450. The molecule has 0 saturated carbocycles. The van der Waals surface area contributed by atoms with Gasteiger partial charge in [0, 0.05) is 51.2 Å². The number of thioether (sulfide) groups is 1. The normalized spacial score (nSPS) is 13.0. The minimum absolute atomic E-state index is 0.0839. The van der Waals surface area contributed by atoms with E-state index < -0.39 is 0 Å². The van der Waals surface area contributed by atoms with Gasteiger partial charge in [-0.3, -0.25) is 14.8 Å². The lowest BCUT2D eigenvalue weighted by molar-refractivity contribution is -0.118. The smallest absolute Gasteiger partial charge is 0.217 e. The van der Waals surface area contributed by atoms with Gasteiger partial charge in [-0.05, 0) is 37.8 Å². The Balaban J connectivity index is 1.88. The molecular weight excluding hydrogens is 386 g/mol. The lowest BCUT2D eigenvalue weighted by atomic mass is 10.1. The topological polar surface area (TPSA) is 94.9 Å². The Bertz CT molecular complexity index is 856. The molecule has 1 amide bonds. The van der Waals surface area contributed by atoms with Crippen molar-refractivity contribution >= 4 is 40.1 Å². The molecular formula is C20H29N7OS. The van der Waals surface area contributed by atoms with Gasteiger partial charge in [0.2, 0.25) is 5.91 Å². The number of benzene rings is 1. The van der Waals surface area contributed by atoms with Gasteiger partial charge in [0.1, 0.15) is 0 Å². The molecule has 1 heterocycles. The molecule has 0 bridgehead atoms. The highest BCUT2D eigenvalue weighted by Crippen LogP contribution is 2.17. The van der Waals surface area contributed by atoms with Crippen LogP contribution in [0.25, 0.3) is 11.0 Å². The number of amidine groups is 1. The molecule has 0 aliphatic rings. The Morgan fingerprint density at radius 2 is 2.07 bits per heavy atom. The lowest BCUT2D eigenvalue weighted by Gasteiger charge is -2.24. The maximum atomic E-state index is 10.9. The Labute approximate surface area is 176 Å². The first kappa shape index (κ1) is 22.8. The highest BCUT2D eigenvalue weighted by atomic mass is 32.2. The third-order valence-corrected chi connectivity index (χ3v) is 5.03. The number of nitrogens with one attached hydrogen (secondary N) is 2. The molecule has 2 rings (SSSR count). The van der Waals surface area contributed by atoms with Gasteiger partial charge in [0.25, 0.3) is 0 Å². The van der Waals surface area contributed by atoms with Crippen LogP contribution >= 0.6 is 11.8 Å². The van der Waals surface area contributed by atoms with Crippen LogP contribution in [-0.2, 0) is 4.79 Å². The van der Waals surface area contributed by atoms with E-state index in [0.29, 0.717) is 6.54 Å². The third-order valence-electron chi connectivity index (χ3n) is 4.33. The van der Waals surface area contributed by atoms with Crippen LogP contribution in [-0.4, -0.2) is 64.6 Å². The number of rotatable bonds is 9. The molecule has 1 aromatic heterocycles. The van der Waals surface area contributed by atoms with Crippen molar-refractivity contribution in [3.05, 3.63) is 36.2 Å². The monoisotopic (exact) mass is 415 g/mol. The Kier molecular flexibility index (Phi) is 9.52. The number of amides is 1. The molecule has 0 aliphatic heterocycles. The van der Waals surface area contributed by atoms with Crippen molar-refractivity contribution in [2.45, 2.75) is 26.8 Å². The predicted molar refractivity (Wildman–Crippen MR) is 121 cm³/mol. The Morgan fingerprint density at radius 1 is 1.31 bits per heavy atom. The van der Waals surface area contributed by atoms with Gasteiger partial charge in [0.05, 0.1) is 17.6 Å². The van der Waals surface area contributed by atoms with E-state index >= 15 is 0 Å². The number of likely N-dealkylation sites (N-methyl/N-ethyl adjacent to an activating group) is 1. The molecule has 1 aromatic carbocycles. The zero-order chi connectivity index (χ0) is 21.1. The van der Waals surface area contributed by atoms with Crippen molar-refractivity contribution in [3.63, 3.8) is 0 Å². The van der Waals surface area contributed by atoms with Gasteiger partial charge in [-0.15, -0.1) is 5.10 Å². The second-order valence-corrected chi connectivity index (χ2v) is 7.16. The summed E-state index contributed by atoms with van der Waals surface area (Å²) in [4.78, 5) is 21.7. The van der Waals surface area contributed by atoms with Crippen LogP contribution in [0.4, 0.5) is 0 Å². The molecule has 1 unspecified atom stereocenters. The predicted octanol–water partition coefficient (Wildman–Crippen LogP) is 2.44. The summed E-state index contributed by atoms with van der Waals surface area (Å²) in [7, 11) is 0. The molecule has 8 nitrogen and oxygen atoms in total. The van der Waals surface area contributed by atoms with E-state index in [1.54, 1.807) is 30.4 Å². The molecule has 0 fully saturated rings. The van der Waals surface area contributed by atoms with Gasteiger partial charge in [-0.2, -0.15) is 5.10 Å². The molecule has 0 radical (unpaired) electrons. The van der Waals surface area contributed by atoms with Crippen LogP contribution in [0.3, 0.4) is 0 Å². The number of aromatic nitrogens is 2. The van der Waals surface area contributed by atoms with Crippen LogP contribution in [0.15, 0.2) is 40.8 Å². The summed E-state index contributed by atoms with van der Waals surface area (Å²) >= 11 is 1.56. The largest absolute Gasteiger partial charge is 0.351 e. The quantitative estimate of drug-likeness (QED) is 0.371. The summed E-state index contributed by atoms with van der Waals surface area (Å²) in [5, 5.41) is 15.4. The summed E-state index contributed by atoms with van der Waals surface area (Å²) in [5.41, 5.74) is 2.99. The Hall–Kier alpha value is -2.52. The van der Waals surface area contributed by atoms with Gasteiger partial charge in [-0.1, -0.05) is 17.8 Å². The van der Waals surface area contributed by atoms with Gasteiger partial charge < -0.3 is 15.5 Å². The first-order chi connectivity index (χ1) is 14.0. The van der Waals surface area contributed by atoms with Crippen LogP contribution in [0.1, 0.15) is 32.4 Å². The fourth-order valence-corrected chi connectivity index (χ4v) is 3.33. The second kappa shape index (κ2) is 12.1. The number of carbonyl (C=O) groups excluding carboxylic acids is 1. The van der Waals surface area contributed by atoms with E-state index in [0.717, 1.165) is 35.8 Å². The summed E-state index contributed by atoms with van der Waals surface area (Å²) < 4.78 is 0. The van der Waals surface area contributed by atoms with E-state index in [-0.39, 0.29) is 11.9 Å². The molecule has 0 aliphatic carbocycles. The molecule has 0 saturated heterocycles. The van der Waals surface area contributed by atoms with E-state index in [9.17, 15) is 4.79 Å². The average Bonchev–Trinajstić information content (AvgIpc) is 2.73. The number of nitrogens with zero attached hydrogens (tertiary/aromatic N) is 5. The zero-order valence-corrected chi connectivity index (χ0v) is 18.2. The van der Waals surface area contributed by atoms with Crippen molar-refractivity contribution in [2.75, 3.05) is 32.4 Å². The van der Waals surface area contributed by atoms with Crippen LogP contribution in [0, 0.1) is 0 Å². The summed E-state index contributed by atoms with van der Waals surface area (Å²) in [6.45, 7) is 8.55. The maximum absolute atomic E-state index is 10.9. The van der Waals surface area contributed by atoms with Crippen LogP contribution in [0.2, 0.25) is 0 Å². The standard InChI is InChI=1S/C20H29N7OS/c1-5-27(20(29-4)26-25-11-10-22-16(3)28)13-12-21-15(2)17-6-7-18-19(14-17)24-9-8-23-18/h6-9,11,14-15,21H,5,10,12-13H2,1-4H3,(H,22,28)/b25-11+,26-20-. The van der Waals surface area contributed by atoms with Gasteiger partial charge in [-0.25, -0.2) is 0 Å². The van der Waals surface area contributed by atoms with Crippen molar-refractivity contribution in [2.24, 2.45) is 10.2 Å². The van der Waals surface area contributed by atoms with Crippen molar-refractivity contribution in [1.29, 1.82) is 0 Å². The summed E-state index contributed by atoms with van der Waals surface area (Å²) in [5.74, 6) is -0.0839. The average molecular weight is 416 g/mol. The molecule has 29 heavy (non-hydrogen) atoms. The summed E-state index contributed by atoms with van der Waals surface area (Å²) in [6.07, 6.45) is 6.99. The second-order valence-electron chi connectivity index (χ2n) is 6.38. The maximum Gasteiger partial charge on any atom is 0.217 e. The van der Waals surface area contributed by atoms with E-state index in [2.05, 4.69) is 61.7 Å². The van der Waals surface area contributed by atoms with Crippen LogP contribution < -0.4 is 10.6 Å². The molecule has 2 N–H and O–H groups in total. The zero-order valence-electron chi connectivity index (χ0n) is 17.4. The van der Waals surface area contributed by atoms with Crippen molar-refractivity contribution < 1.29 is 4.79 Å². The van der Waals surface area contributed by atoms with Gasteiger partial charge in [0.15, 0.2) is 5.17 Å². The van der Waals surface area contributed by atoms with E-state index in [1.165, 1.54) is 12.5 Å². The molecule has 0 spiro atoms. The molecule has 9 heteroatoms. The lowest BCUT2D eigenvalue weighted by Crippen LogP contribution is -2.36. The first-order valence-corrected chi connectivity index (χ1v) is 10.8. The highest BCUT2D eigenvalue weighted by Gasteiger charge is 2.10. The summed E-state index contributed by atoms with van der Waals surface area (Å²) in [6, 6.07) is 6.37. The number of hydrogen-bond donors (Lipinski definition) is 2. The van der Waals surface area contributed by atoms with E-state index in [4.69, 9.17) is 0 Å². The fourth-order valence-electron chi connectivity index (χ4n) is 2.73. The molecule has 2 aromatic rings. The Morgan fingerprint density at radius 3 is 2.76 bits per heavy atom. The molecule has 156 valence electrons. The first-order valence-electron chi connectivity index (χ1n) is 9.62. The molecule has 1 atom stereocenters. The number of hydrogen-bond acceptors (Lipinski definition) is 7. The SMILES string of the molecule is CCN(CCNC(C)c1ccc2nccnc2c1)/C(=N/N=C/CNC(C)=O)SC.